The molecule has 1 N–H and O–H groups in total. The normalized spacial score (nSPS) is 15.5. The summed E-state index contributed by atoms with van der Waals surface area (Å²) in [6, 6.07) is 12.0. The predicted octanol–water partition coefficient (Wildman–Crippen LogP) is 5.56. The van der Waals surface area contributed by atoms with Gasteiger partial charge >= 0.3 is 0 Å². The number of amides is 1. The van der Waals surface area contributed by atoms with Gasteiger partial charge in [0.25, 0.3) is 0 Å². The van der Waals surface area contributed by atoms with Gasteiger partial charge in [-0.25, -0.2) is 0 Å². The van der Waals surface area contributed by atoms with E-state index in [9.17, 15) is 4.79 Å². The Bertz CT molecular complexity index is 997. The third-order valence-corrected chi connectivity index (χ3v) is 7.51. The molecule has 8 heteroatoms. The number of methoxy groups -OCH3 is 1. The highest BCUT2D eigenvalue weighted by molar-refractivity contribution is 8.00. The fraction of sp³-hybridized carbons (Fsp3) is 0.435. The number of benzene rings is 1. The third-order valence-electron chi connectivity index (χ3n) is 5.58. The number of rotatable bonds is 8. The van der Waals surface area contributed by atoms with E-state index in [2.05, 4.69) is 37.6 Å². The van der Waals surface area contributed by atoms with Crippen molar-refractivity contribution >= 4 is 34.7 Å². The van der Waals surface area contributed by atoms with E-state index >= 15 is 0 Å². The Labute approximate surface area is 191 Å². The van der Waals surface area contributed by atoms with Gasteiger partial charge in [0.1, 0.15) is 11.6 Å². The molecule has 1 unspecified atom stereocenters. The number of nitrogens with zero attached hydrogens (tertiary/aromatic N) is 3. The number of carbonyl (C=O) groups is 1. The van der Waals surface area contributed by atoms with Crippen molar-refractivity contribution in [2.75, 3.05) is 12.4 Å². The van der Waals surface area contributed by atoms with E-state index in [0.717, 1.165) is 35.9 Å². The summed E-state index contributed by atoms with van der Waals surface area (Å²) >= 11 is 3.23. The van der Waals surface area contributed by atoms with Crippen LogP contribution in [0.15, 0.2) is 46.9 Å². The highest BCUT2D eigenvalue weighted by Gasteiger charge is 2.26. The van der Waals surface area contributed by atoms with Crippen molar-refractivity contribution in [1.82, 2.24) is 14.8 Å². The number of hydrogen-bond acceptors (Lipinski definition) is 6. The molecule has 1 aliphatic carbocycles. The van der Waals surface area contributed by atoms with Gasteiger partial charge in [-0.15, -0.1) is 21.5 Å². The van der Waals surface area contributed by atoms with Gasteiger partial charge in [-0.05, 0) is 43.3 Å². The van der Waals surface area contributed by atoms with E-state index in [1.165, 1.54) is 35.9 Å². The van der Waals surface area contributed by atoms with Crippen molar-refractivity contribution in [3.8, 4) is 5.75 Å². The highest BCUT2D eigenvalue weighted by Crippen LogP contribution is 2.35. The molecule has 0 aliphatic heterocycles. The molecule has 1 saturated carbocycles. The van der Waals surface area contributed by atoms with Crippen LogP contribution in [0, 0.1) is 0 Å². The molecule has 0 saturated heterocycles. The average Bonchev–Trinajstić information content (AvgIpc) is 3.45. The number of anilines is 1. The molecule has 0 spiro atoms. The van der Waals surface area contributed by atoms with Crippen LogP contribution >= 0.6 is 23.1 Å². The maximum absolute atomic E-state index is 12.8. The van der Waals surface area contributed by atoms with Crippen LogP contribution in [0.1, 0.15) is 55.8 Å². The SMILES string of the molecule is COc1cccc(NC(=O)C(C)Sc2nnc(Cc3cccs3)n2C2CCCCC2)c1. The van der Waals surface area contributed by atoms with Gasteiger partial charge in [-0.2, -0.15) is 0 Å². The Kier molecular flexibility index (Phi) is 7.29. The van der Waals surface area contributed by atoms with Crippen molar-refractivity contribution in [2.45, 2.75) is 61.9 Å². The number of aromatic nitrogens is 3. The van der Waals surface area contributed by atoms with Gasteiger partial charge in [-0.3, -0.25) is 4.79 Å². The van der Waals surface area contributed by atoms with Gasteiger partial charge in [0.05, 0.1) is 12.4 Å². The lowest BCUT2D eigenvalue weighted by Crippen LogP contribution is -2.24. The number of hydrogen-bond donors (Lipinski definition) is 1. The molecule has 164 valence electrons. The van der Waals surface area contributed by atoms with Gasteiger partial charge < -0.3 is 14.6 Å². The monoisotopic (exact) mass is 456 g/mol. The number of carbonyl (C=O) groups excluding carboxylic acids is 1. The molecule has 6 nitrogen and oxygen atoms in total. The summed E-state index contributed by atoms with van der Waals surface area (Å²) in [7, 11) is 1.62. The van der Waals surface area contributed by atoms with Crippen molar-refractivity contribution in [1.29, 1.82) is 0 Å². The van der Waals surface area contributed by atoms with Crippen molar-refractivity contribution in [3.63, 3.8) is 0 Å². The molecule has 31 heavy (non-hydrogen) atoms. The lowest BCUT2D eigenvalue weighted by Gasteiger charge is -2.26. The maximum atomic E-state index is 12.8. The van der Waals surface area contributed by atoms with Crippen molar-refractivity contribution in [2.24, 2.45) is 0 Å². The lowest BCUT2D eigenvalue weighted by molar-refractivity contribution is -0.115. The Hall–Kier alpha value is -2.32. The summed E-state index contributed by atoms with van der Waals surface area (Å²) in [5.41, 5.74) is 0.726. The van der Waals surface area contributed by atoms with Crippen molar-refractivity contribution in [3.05, 3.63) is 52.5 Å². The van der Waals surface area contributed by atoms with Crippen LogP contribution in [0.3, 0.4) is 0 Å². The second kappa shape index (κ2) is 10.3. The Morgan fingerprint density at radius 1 is 1.26 bits per heavy atom. The number of ether oxygens (including phenoxy) is 1. The van der Waals surface area contributed by atoms with E-state index < -0.39 is 0 Å². The molecule has 1 fully saturated rings. The molecule has 0 radical (unpaired) electrons. The van der Waals surface area contributed by atoms with E-state index in [0.29, 0.717) is 11.8 Å². The third kappa shape index (κ3) is 5.49. The largest absolute Gasteiger partial charge is 0.497 e. The summed E-state index contributed by atoms with van der Waals surface area (Å²) in [6.45, 7) is 1.92. The summed E-state index contributed by atoms with van der Waals surface area (Å²) < 4.78 is 7.55. The first-order chi connectivity index (χ1) is 15.1. The summed E-state index contributed by atoms with van der Waals surface area (Å²) in [4.78, 5) is 14.1. The molecule has 0 bridgehead atoms. The first-order valence-corrected chi connectivity index (χ1v) is 12.5. The second-order valence-corrected chi connectivity index (χ2v) is 10.1. The molecule has 2 heterocycles. The molecular weight excluding hydrogens is 428 g/mol. The van der Waals surface area contributed by atoms with E-state index in [4.69, 9.17) is 4.74 Å². The Morgan fingerprint density at radius 2 is 2.10 bits per heavy atom. The maximum Gasteiger partial charge on any atom is 0.237 e. The quantitative estimate of drug-likeness (QED) is 0.449. The van der Waals surface area contributed by atoms with Gasteiger partial charge in [-0.1, -0.05) is 43.2 Å². The van der Waals surface area contributed by atoms with Crippen LogP contribution in [-0.2, 0) is 11.2 Å². The highest BCUT2D eigenvalue weighted by atomic mass is 32.2. The first kappa shape index (κ1) is 21.9. The van der Waals surface area contributed by atoms with E-state index in [1.54, 1.807) is 18.4 Å². The van der Waals surface area contributed by atoms with Crippen molar-refractivity contribution < 1.29 is 9.53 Å². The predicted molar refractivity (Wildman–Crippen MR) is 126 cm³/mol. The number of thiophene rings is 1. The Balaban J connectivity index is 1.50. The van der Waals surface area contributed by atoms with Crippen LogP contribution < -0.4 is 10.1 Å². The minimum atomic E-state index is -0.299. The molecule has 1 aliphatic rings. The number of nitrogens with one attached hydrogen (secondary N) is 1. The molecule has 3 aromatic rings. The van der Waals surface area contributed by atoms with E-state index in [1.807, 2.05) is 31.2 Å². The standard InChI is InChI=1S/C23H28N4O2S2/c1-16(22(28)24-17-8-6-11-19(14-17)29-2)31-23-26-25-21(15-20-12-7-13-30-20)27(23)18-9-4-3-5-10-18/h6-8,11-14,16,18H,3-5,9-10,15H2,1-2H3,(H,24,28). The molecule has 1 amide bonds. The van der Waals surface area contributed by atoms with Crippen LogP contribution in [0.5, 0.6) is 5.75 Å². The topological polar surface area (TPSA) is 69.0 Å². The minimum Gasteiger partial charge on any atom is -0.497 e. The zero-order chi connectivity index (χ0) is 21.6. The number of thioether (sulfide) groups is 1. The van der Waals surface area contributed by atoms with Crippen LogP contribution in [0.25, 0.3) is 0 Å². The molecule has 1 atom stereocenters. The lowest BCUT2D eigenvalue weighted by atomic mass is 9.95. The second-order valence-electron chi connectivity index (χ2n) is 7.80. The van der Waals surface area contributed by atoms with E-state index in [-0.39, 0.29) is 11.2 Å². The zero-order valence-electron chi connectivity index (χ0n) is 17.9. The van der Waals surface area contributed by atoms with Crippen LogP contribution in [-0.4, -0.2) is 33.0 Å². The molecular formula is C23H28N4O2S2. The smallest absolute Gasteiger partial charge is 0.237 e. The fourth-order valence-electron chi connectivity index (χ4n) is 3.94. The summed E-state index contributed by atoms with van der Waals surface area (Å²) in [5, 5.41) is 14.7. The van der Waals surface area contributed by atoms with Crippen LogP contribution in [0.2, 0.25) is 0 Å². The summed E-state index contributed by atoms with van der Waals surface area (Å²) in [5.74, 6) is 1.65. The zero-order valence-corrected chi connectivity index (χ0v) is 19.5. The average molecular weight is 457 g/mol. The Morgan fingerprint density at radius 3 is 2.84 bits per heavy atom. The first-order valence-electron chi connectivity index (χ1n) is 10.7. The molecule has 1 aromatic carbocycles. The van der Waals surface area contributed by atoms with Crippen LogP contribution in [0.4, 0.5) is 5.69 Å². The molecule has 4 rings (SSSR count). The van der Waals surface area contributed by atoms with Gasteiger partial charge in [0.15, 0.2) is 5.16 Å². The minimum absolute atomic E-state index is 0.0590. The molecule has 2 aromatic heterocycles. The van der Waals surface area contributed by atoms with Gasteiger partial charge in [0.2, 0.25) is 5.91 Å². The summed E-state index contributed by atoms with van der Waals surface area (Å²) in [6.07, 6.45) is 6.84. The fourth-order valence-corrected chi connectivity index (χ4v) is 5.58. The van der Waals surface area contributed by atoms with Gasteiger partial charge in [0, 0.05) is 29.1 Å².